The number of amides is 1. The number of nitrogens with zero attached hydrogens (tertiary/aromatic N) is 3. The fourth-order valence-electron chi connectivity index (χ4n) is 6.01. The van der Waals surface area contributed by atoms with Crippen LogP contribution in [0.3, 0.4) is 0 Å². The van der Waals surface area contributed by atoms with Gasteiger partial charge in [0.15, 0.2) is 0 Å². The van der Waals surface area contributed by atoms with Gasteiger partial charge < -0.3 is 10.0 Å². The van der Waals surface area contributed by atoms with Crippen LogP contribution < -0.4 is 0 Å². The Morgan fingerprint density at radius 2 is 1.68 bits per heavy atom. The lowest BCUT2D eigenvalue weighted by molar-refractivity contribution is -0.153. The first-order valence-electron chi connectivity index (χ1n) is 12.7. The van der Waals surface area contributed by atoms with Crippen molar-refractivity contribution >= 4 is 17.5 Å². The lowest BCUT2D eigenvalue weighted by atomic mass is 9.77. The summed E-state index contributed by atoms with van der Waals surface area (Å²) in [5.74, 6) is -3.99. The first-order chi connectivity index (χ1) is 16.1. The molecule has 2 heterocycles. The third kappa shape index (κ3) is 5.58. The van der Waals surface area contributed by atoms with Gasteiger partial charge in [-0.2, -0.15) is 0 Å². The van der Waals surface area contributed by atoms with Crippen molar-refractivity contribution in [2.24, 2.45) is 5.92 Å². The molecule has 4 rings (SSSR count). The molecule has 0 aromatic heterocycles. The summed E-state index contributed by atoms with van der Waals surface area (Å²) in [7, 11) is 0. The van der Waals surface area contributed by atoms with Crippen molar-refractivity contribution in [1.29, 1.82) is 0 Å². The van der Waals surface area contributed by atoms with Crippen molar-refractivity contribution in [2.75, 3.05) is 39.3 Å². The second kappa shape index (κ2) is 10.4. The average molecular weight is 498 g/mol. The molecule has 5 nitrogen and oxygen atoms in total. The Hall–Kier alpha value is -1.28. The van der Waals surface area contributed by atoms with E-state index in [-0.39, 0.29) is 24.8 Å². The van der Waals surface area contributed by atoms with E-state index in [1.165, 1.54) is 0 Å². The van der Waals surface area contributed by atoms with Gasteiger partial charge in [-0.15, -0.1) is 0 Å². The molecular weight excluding hydrogens is 460 g/mol. The molecule has 190 valence electrons. The summed E-state index contributed by atoms with van der Waals surface area (Å²) >= 11 is 5.96. The van der Waals surface area contributed by atoms with Gasteiger partial charge in [-0.25, -0.2) is 8.78 Å². The Morgan fingerprint density at radius 1 is 1.06 bits per heavy atom. The zero-order valence-electron chi connectivity index (χ0n) is 20.4. The molecule has 1 amide bonds. The Balaban J connectivity index is 1.38. The van der Waals surface area contributed by atoms with Gasteiger partial charge >= 0.3 is 0 Å². The van der Waals surface area contributed by atoms with Crippen LogP contribution in [0.2, 0.25) is 5.02 Å². The summed E-state index contributed by atoms with van der Waals surface area (Å²) in [5, 5.41) is 11.7. The van der Waals surface area contributed by atoms with E-state index >= 15 is 8.78 Å². The molecule has 3 aliphatic rings. The summed E-state index contributed by atoms with van der Waals surface area (Å²) in [6.07, 6.45) is 1.76. The molecule has 8 heteroatoms. The maximum Gasteiger partial charge on any atom is 0.252 e. The highest BCUT2D eigenvalue weighted by Crippen LogP contribution is 2.43. The number of piperazine rings is 1. The van der Waals surface area contributed by atoms with Crippen molar-refractivity contribution in [2.45, 2.75) is 76.0 Å². The maximum absolute atomic E-state index is 15.1. The molecule has 3 fully saturated rings. The van der Waals surface area contributed by atoms with E-state index in [1.807, 2.05) is 12.1 Å². The zero-order chi connectivity index (χ0) is 24.5. The number of aliphatic hydroxyl groups is 1. The van der Waals surface area contributed by atoms with E-state index < -0.39 is 17.4 Å². The van der Waals surface area contributed by atoms with Crippen LogP contribution in [-0.2, 0) is 10.4 Å². The summed E-state index contributed by atoms with van der Waals surface area (Å²) in [4.78, 5) is 19.4. The molecule has 1 aromatic rings. The summed E-state index contributed by atoms with van der Waals surface area (Å²) in [6.45, 7) is 8.40. The molecule has 1 aliphatic carbocycles. The van der Waals surface area contributed by atoms with Crippen LogP contribution in [0.15, 0.2) is 24.3 Å². The molecule has 34 heavy (non-hydrogen) atoms. The Morgan fingerprint density at radius 3 is 2.26 bits per heavy atom. The molecule has 2 aliphatic heterocycles. The van der Waals surface area contributed by atoms with Crippen LogP contribution >= 0.6 is 11.6 Å². The molecule has 2 saturated heterocycles. The van der Waals surface area contributed by atoms with Crippen LogP contribution in [-0.4, -0.2) is 83.0 Å². The predicted octanol–water partition coefficient (Wildman–Crippen LogP) is 4.37. The smallest absolute Gasteiger partial charge is 0.252 e. The van der Waals surface area contributed by atoms with E-state index in [2.05, 4.69) is 23.6 Å². The third-order valence-corrected chi connectivity index (χ3v) is 8.54. The van der Waals surface area contributed by atoms with Crippen LogP contribution in [0.4, 0.5) is 8.78 Å². The van der Waals surface area contributed by atoms with E-state index in [0.29, 0.717) is 43.4 Å². The van der Waals surface area contributed by atoms with E-state index in [1.54, 1.807) is 17.0 Å². The van der Waals surface area contributed by atoms with Crippen molar-refractivity contribution in [3.63, 3.8) is 0 Å². The Labute approximate surface area is 207 Å². The fraction of sp³-hybridized carbons (Fsp3) is 0.731. The van der Waals surface area contributed by atoms with Gasteiger partial charge in [0.2, 0.25) is 5.91 Å². The number of benzene rings is 1. The molecule has 1 N–H and O–H groups in total. The average Bonchev–Trinajstić information content (AvgIpc) is 2.81. The van der Waals surface area contributed by atoms with Gasteiger partial charge in [-0.3, -0.25) is 14.6 Å². The minimum Gasteiger partial charge on any atom is -0.385 e. The van der Waals surface area contributed by atoms with E-state index in [0.717, 1.165) is 38.2 Å². The number of halogens is 3. The SMILES string of the molecule is CC(C)N1CCN([C@H]2CCCC(F)(F)C2CC(=O)N2CCC(O)(c3ccc(Cl)cc3)CC2)CC1. The van der Waals surface area contributed by atoms with Crippen LogP contribution in [0, 0.1) is 5.92 Å². The lowest BCUT2D eigenvalue weighted by Gasteiger charge is -2.47. The highest BCUT2D eigenvalue weighted by molar-refractivity contribution is 6.30. The summed E-state index contributed by atoms with van der Waals surface area (Å²) in [6, 6.07) is 7.32. The van der Waals surface area contributed by atoms with Crippen molar-refractivity contribution < 1.29 is 18.7 Å². The van der Waals surface area contributed by atoms with Gasteiger partial charge in [0, 0.05) is 75.1 Å². The molecule has 0 bridgehead atoms. The largest absolute Gasteiger partial charge is 0.385 e. The molecule has 1 saturated carbocycles. The number of hydrogen-bond acceptors (Lipinski definition) is 4. The van der Waals surface area contributed by atoms with Crippen LogP contribution in [0.25, 0.3) is 0 Å². The van der Waals surface area contributed by atoms with Crippen LogP contribution in [0.5, 0.6) is 0 Å². The van der Waals surface area contributed by atoms with Crippen molar-refractivity contribution in [3.05, 3.63) is 34.9 Å². The number of piperidine rings is 1. The van der Waals surface area contributed by atoms with E-state index in [4.69, 9.17) is 11.6 Å². The number of carbonyl (C=O) groups excluding carboxylic acids is 1. The molecule has 1 aromatic carbocycles. The van der Waals surface area contributed by atoms with Crippen molar-refractivity contribution in [1.82, 2.24) is 14.7 Å². The lowest BCUT2D eigenvalue weighted by Crippen LogP contribution is -2.58. The minimum atomic E-state index is -2.83. The number of carbonyl (C=O) groups is 1. The van der Waals surface area contributed by atoms with Crippen molar-refractivity contribution in [3.8, 4) is 0 Å². The highest BCUT2D eigenvalue weighted by Gasteiger charge is 2.50. The molecule has 2 atom stereocenters. The normalized spacial score (nSPS) is 28.3. The molecular formula is C26H38ClF2N3O2. The number of alkyl halides is 2. The minimum absolute atomic E-state index is 0.124. The number of hydrogen-bond donors (Lipinski definition) is 1. The molecule has 0 spiro atoms. The second-order valence-corrected chi connectivity index (χ2v) is 11.1. The Kier molecular flexibility index (Phi) is 7.87. The van der Waals surface area contributed by atoms with Crippen LogP contribution in [0.1, 0.15) is 57.9 Å². The quantitative estimate of drug-likeness (QED) is 0.656. The van der Waals surface area contributed by atoms with Gasteiger partial charge in [-0.1, -0.05) is 23.7 Å². The number of rotatable bonds is 5. The third-order valence-electron chi connectivity index (χ3n) is 8.28. The van der Waals surface area contributed by atoms with Gasteiger partial charge in [-0.05, 0) is 57.2 Å². The topological polar surface area (TPSA) is 47.0 Å². The zero-order valence-corrected chi connectivity index (χ0v) is 21.1. The van der Waals surface area contributed by atoms with Gasteiger partial charge in [0.05, 0.1) is 5.60 Å². The number of likely N-dealkylation sites (tertiary alicyclic amines) is 1. The first kappa shape index (κ1) is 25.8. The first-order valence-corrected chi connectivity index (χ1v) is 13.1. The molecule has 0 radical (unpaired) electrons. The molecule has 1 unspecified atom stereocenters. The van der Waals surface area contributed by atoms with Gasteiger partial charge in [0.1, 0.15) is 0 Å². The van der Waals surface area contributed by atoms with Gasteiger partial charge in [0.25, 0.3) is 5.92 Å². The highest BCUT2D eigenvalue weighted by atomic mass is 35.5. The monoisotopic (exact) mass is 497 g/mol. The standard InChI is InChI=1S/C26H38ClF2N3O2/c1-19(2)30-14-16-31(17-15-30)23-4-3-9-26(28,29)22(23)18-24(33)32-12-10-25(34,11-13-32)20-5-7-21(27)8-6-20/h5-8,19,22-23,34H,3-4,9-18H2,1-2H3/t22?,23-/m0/s1. The maximum atomic E-state index is 15.1. The summed E-state index contributed by atoms with van der Waals surface area (Å²) in [5.41, 5.74) is -0.238. The second-order valence-electron chi connectivity index (χ2n) is 10.6. The van der Waals surface area contributed by atoms with E-state index in [9.17, 15) is 9.90 Å². The fourth-order valence-corrected chi connectivity index (χ4v) is 6.14. The Bertz CT molecular complexity index is 835. The predicted molar refractivity (Wildman–Crippen MR) is 130 cm³/mol. The summed E-state index contributed by atoms with van der Waals surface area (Å²) < 4.78 is 30.2.